The minimum Gasteiger partial charge on any atom is -0.493 e. The van der Waals surface area contributed by atoms with E-state index in [0.717, 1.165) is 23.6 Å². The van der Waals surface area contributed by atoms with E-state index in [1.807, 2.05) is 42.1 Å². The fraction of sp³-hybridized carbons (Fsp3) is 0.600. The van der Waals surface area contributed by atoms with E-state index in [1.165, 1.54) is 0 Å². The van der Waals surface area contributed by atoms with Crippen LogP contribution in [0.15, 0.2) is 18.2 Å². The molecular weight excluding hydrogens is 448 g/mol. The summed E-state index contributed by atoms with van der Waals surface area (Å²) in [5.41, 5.74) is 0.873. The molecule has 192 valence electrons. The van der Waals surface area contributed by atoms with Gasteiger partial charge in [-0.15, -0.1) is 10.2 Å². The summed E-state index contributed by atoms with van der Waals surface area (Å²) in [6, 6.07) is 5.32. The Morgan fingerprint density at radius 1 is 1.09 bits per heavy atom. The van der Waals surface area contributed by atoms with Crippen molar-refractivity contribution in [1.29, 1.82) is 0 Å². The summed E-state index contributed by atoms with van der Waals surface area (Å²) >= 11 is 0. The van der Waals surface area contributed by atoms with Crippen LogP contribution in [0.25, 0.3) is 0 Å². The number of carbonyl (C=O) groups excluding carboxylic acids is 2. The zero-order valence-corrected chi connectivity index (χ0v) is 21.7. The molecule has 1 aromatic heterocycles. The number of hydrogen-bond acceptors (Lipinski definition) is 7. The summed E-state index contributed by atoms with van der Waals surface area (Å²) in [6.07, 6.45) is 1.66. The third-order valence-corrected chi connectivity index (χ3v) is 6.02. The topological polar surface area (TPSA) is 102 Å². The number of rotatable bonds is 10. The Balaban J connectivity index is 1.70. The van der Waals surface area contributed by atoms with E-state index in [9.17, 15) is 9.59 Å². The normalized spacial score (nSPS) is 14.5. The van der Waals surface area contributed by atoms with E-state index in [4.69, 9.17) is 9.47 Å². The third-order valence-electron chi connectivity index (χ3n) is 6.02. The molecular formula is C25H38N6O4. The minimum atomic E-state index is -0.224. The number of hydrogen-bond donors (Lipinski definition) is 1. The van der Waals surface area contributed by atoms with Crippen LogP contribution < -0.4 is 14.8 Å². The minimum absolute atomic E-state index is 0.0432. The van der Waals surface area contributed by atoms with Crippen LogP contribution in [-0.2, 0) is 29.0 Å². The maximum absolute atomic E-state index is 13.1. The Kier molecular flexibility index (Phi) is 9.08. The average Bonchev–Trinajstić information content (AvgIpc) is 3.08. The number of carbonyl (C=O) groups is 2. The summed E-state index contributed by atoms with van der Waals surface area (Å²) in [7, 11) is 6.91. The molecule has 2 heterocycles. The molecule has 10 heteroatoms. The predicted molar refractivity (Wildman–Crippen MR) is 132 cm³/mol. The fourth-order valence-electron chi connectivity index (χ4n) is 4.36. The maximum Gasteiger partial charge on any atom is 0.234 e. The van der Waals surface area contributed by atoms with Gasteiger partial charge >= 0.3 is 0 Å². The highest BCUT2D eigenvalue weighted by Gasteiger charge is 2.27. The molecule has 35 heavy (non-hydrogen) atoms. The molecule has 1 aliphatic rings. The van der Waals surface area contributed by atoms with Gasteiger partial charge in [-0.1, -0.05) is 19.9 Å². The van der Waals surface area contributed by atoms with Crippen molar-refractivity contribution >= 4 is 11.8 Å². The molecule has 1 N–H and O–H groups in total. The van der Waals surface area contributed by atoms with E-state index in [2.05, 4.69) is 33.9 Å². The smallest absolute Gasteiger partial charge is 0.234 e. The van der Waals surface area contributed by atoms with Gasteiger partial charge in [0.1, 0.15) is 5.82 Å². The van der Waals surface area contributed by atoms with E-state index in [1.54, 1.807) is 14.2 Å². The Hall–Kier alpha value is -3.14. The van der Waals surface area contributed by atoms with Gasteiger partial charge in [0.2, 0.25) is 11.8 Å². The van der Waals surface area contributed by atoms with Gasteiger partial charge < -0.3 is 29.2 Å². The second-order valence-electron chi connectivity index (χ2n) is 9.61. The first-order chi connectivity index (χ1) is 16.7. The van der Waals surface area contributed by atoms with Crippen LogP contribution in [0.4, 0.5) is 0 Å². The van der Waals surface area contributed by atoms with Gasteiger partial charge in [0.25, 0.3) is 0 Å². The van der Waals surface area contributed by atoms with Gasteiger partial charge in [-0.05, 0) is 44.1 Å². The summed E-state index contributed by atoms with van der Waals surface area (Å²) in [4.78, 5) is 29.3. The van der Waals surface area contributed by atoms with Crippen molar-refractivity contribution in [3.05, 3.63) is 35.4 Å². The lowest BCUT2D eigenvalue weighted by molar-refractivity contribution is -0.130. The summed E-state index contributed by atoms with van der Waals surface area (Å²) in [5.74, 6) is 3.23. The number of benzene rings is 1. The van der Waals surface area contributed by atoms with Crippen molar-refractivity contribution in [3.8, 4) is 11.5 Å². The predicted octanol–water partition coefficient (Wildman–Crippen LogP) is 1.69. The number of methoxy groups -OCH3 is 2. The quantitative estimate of drug-likeness (QED) is 0.545. The number of aromatic nitrogens is 3. The van der Waals surface area contributed by atoms with Crippen LogP contribution in [0.5, 0.6) is 11.5 Å². The van der Waals surface area contributed by atoms with E-state index in [-0.39, 0.29) is 24.3 Å². The zero-order valence-electron chi connectivity index (χ0n) is 21.7. The molecule has 0 aliphatic carbocycles. The molecule has 2 aromatic rings. The van der Waals surface area contributed by atoms with Gasteiger partial charge in [-0.3, -0.25) is 9.59 Å². The highest BCUT2D eigenvalue weighted by molar-refractivity contribution is 5.79. The molecule has 1 unspecified atom stereocenters. The van der Waals surface area contributed by atoms with Gasteiger partial charge in [-0.25, -0.2) is 0 Å². The molecule has 0 saturated heterocycles. The van der Waals surface area contributed by atoms with Crippen molar-refractivity contribution < 1.29 is 19.1 Å². The monoisotopic (exact) mass is 486 g/mol. The maximum atomic E-state index is 13.1. The van der Waals surface area contributed by atoms with Crippen LogP contribution in [0, 0.1) is 5.92 Å². The first-order valence-electron chi connectivity index (χ1n) is 12.1. The number of ether oxygens (including phenoxy) is 2. The second-order valence-corrected chi connectivity index (χ2v) is 9.61. The number of likely N-dealkylation sites (N-methyl/N-ethyl adjacent to an activating group) is 1. The fourth-order valence-corrected chi connectivity index (χ4v) is 4.36. The number of nitrogens with one attached hydrogen (secondary N) is 1. The molecule has 1 atom stereocenters. The van der Waals surface area contributed by atoms with Crippen LogP contribution >= 0.6 is 0 Å². The molecule has 1 aliphatic heterocycles. The average molecular weight is 487 g/mol. The van der Waals surface area contributed by atoms with Crippen molar-refractivity contribution in [1.82, 2.24) is 29.9 Å². The van der Waals surface area contributed by atoms with Gasteiger partial charge in [0, 0.05) is 26.1 Å². The van der Waals surface area contributed by atoms with Gasteiger partial charge in [-0.2, -0.15) is 0 Å². The molecule has 0 spiro atoms. The van der Waals surface area contributed by atoms with Crippen LogP contribution in [0.1, 0.15) is 43.5 Å². The number of nitrogens with zero attached hydrogens (tertiary/aromatic N) is 5. The summed E-state index contributed by atoms with van der Waals surface area (Å²) in [5, 5.41) is 12.0. The molecule has 0 fully saturated rings. The molecule has 10 nitrogen and oxygen atoms in total. The molecule has 3 rings (SSSR count). The van der Waals surface area contributed by atoms with Crippen LogP contribution in [0.3, 0.4) is 0 Å². The molecule has 2 amide bonds. The van der Waals surface area contributed by atoms with E-state index < -0.39 is 0 Å². The summed E-state index contributed by atoms with van der Waals surface area (Å²) in [6.45, 7) is 6.29. The summed E-state index contributed by atoms with van der Waals surface area (Å²) < 4.78 is 12.7. The van der Waals surface area contributed by atoms with Crippen molar-refractivity contribution in [2.24, 2.45) is 5.92 Å². The largest absolute Gasteiger partial charge is 0.493 e. The van der Waals surface area contributed by atoms with E-state index in [0.29, 0.717) is 50.0 Å². The highest BCUT2D eigenvalue weighted by Crippen LogP contribution is 2.28. The Bertz CT molecular complexity index is 1020. The molecule has 0 radical (unpaired) electrons. The van der Waals surface area contributed by atoms with Crippen LogP contribution in [0.2, 0.25) is 0 Å². The molecule has 1 aromatic carbocycles. The van der Waals surface area contributed by atoms with Gasteiger partial charge in [0.05, 0.1) is 33.2 Å². The lowest BCUT2D eigenvalue weighted by Crippen LogP contribution is -2.38. The number of amides is 2. The van der Waals surface area contributed by atoms with Crippen molar-refractivity contribution in [2.75, 3.05) is 47.9 Å². The lowest BCUT2D eigenvalue weighted by Gasteiger charge is -2.23. The Morgan fingerprint density at radius 2 is 1.83 bits per heavy atom. The molecule has 0 saturated carbocycles. The first kappa shape index (κ1) is 26.5. The highest BCUT2D eigenvalue weighted by atomic mass is 16.5. The van der Waals surface area contributed by atoms with E-state index >= 15 is 0 Å². The van der Waals surface area contributed by atoms with Crippen LogP contribution in [-0.4, -0.2) is 84.3 Å². The third kappa shape index (κ3) is 6.94. The lowest BCUT2D eigenvalue weighted by atomic mass is 10.0. The Labute approximate surface area is 207 Å². The SMILES string of the molecule is COc1ccc(CC(=O)N2CCc3nnc(C(CC(C)C)NC(=O)CN(C)C)n3CC2)cc1OC. The number of fused-ring (bicyclic) bond motifs is 1. The second kappa shape index (κ2) is 12.0. The first-order valence-corrected chi connectivity index (χ1v) is 12.1. The Morgan fingerprint density at radius 3 is 2.49 bits per heavy atom. The standard InChI is InChI=1S/C25H38N6O4/c1-17(2)13-19(26-23(32)16-29(3)4)25-28-27-22-9-10-30(11-12-31(22)25)24(33)15-18-7-8-20(34-5)21(14-18)35-6/h7-8,14,17,19H,9-13,15-16H2,1-6H3,(H,26,32). The van der Waals surface area contributed by atoms with Crippen molar-refractivity contribution in [3.63, 3.8) is 0 Å². The molecule has 0 bridgehead atoms. The van der Waals surface area contributed by atoms with Crippen molar-refractivity contribution in [2.45, 2.75) is 45.7 Å². The zero-order chi connectivity index (χ0) is 25.5. The van der Waals surface area contributed by atoms with Gasteiger partial charge in [0.15, 0.2) is 17.3 Å².